The molecule has 0 saturated carbocycles. The van der Waals surface area contributed by atoms with Crippen LogP contribution in [0.2, 0.25) is 0 Å². The predicted molar refractivity (Wildman–Crippen MR) is 118 cm³/mol. The van der Waals surface area contributed by atoms with Crippen molar-refractivity contribution in [3.63, 3.8) is 0 Å². The van der Waals surface area contributed by atoms with E-state index in [1.807, 2.05) is 30.3 Å². The number of likely N-dealkylation sites (tertiary alicyclic amines) is 1. The fraction of sp³-hybridized carbons (Fsp3) is 0.381. The zero-order chi connectivity index (χ0) is 21.9. The van der Waals surface area contributed by atoms with Gasteiger partial charge in [-0.2, -0.15) is 12.6 Å². The summed E-state index contributed by atoms with van der Waals surface area (Å²) < 4.78 is 39.3. The van der Waals surface area contributed by atoms with Gasteiger partial charge in [0.25, 0.3) is 0 Å². The van der Waals surface area contributed by atoms with E-state index < -0.39 is 27.8 Å². The van der Waals surface area contributed by atoms with E-state index in [1.54, 1.807) is 32.9 Å². The van der Waals surface area contributed by atoms with Crippen molar-refractivity contribution in [1.82, 2.24) is 9.62 Å². The summed E-state index contributed by atoms with van der Waals surface area (Å²) in [7, 11) is -3.78. The molecule has 0 radical (unpaired) electrons. The number of hydrogen-bond acceptors (Lipinski definition) is 6. The molecule has 1 fully saturated rings. The zero-order valence-corrected chi connectivity index (χ0v) is 18.8. The Kier molecular flexibility index (Phi) is 6.64. The first-order chi connectivity index (χ1) is 14.0. The lowest BCUT2D eigenvalue weighted by Gasteiger charge is -2.24. The van der Waals surface area contributed by atoms with Gasteiger partial charge in [0.1, 0.15) is 17.1 Å². The van der Waals surface area contributed by atoms with Crippen molar-refractivity contribution in [3.8, 4) is 11.5 Å². The molecule has 1 amide bonds. The van der Waals surface area contributed by atoms with Crippen LogP contribution in [0.3, 0.4) is 0 Å². The summed E-state index contributed by atoms with van der Waals surface area (Å²) in [6.45, 7) is 5.84. The second-order valence-electron chi connectivity index (χ2n) is 8.07. The molecule has 162 valence electrons. The van der Waals surface area contributed by atoms with E-state index in [1.165, 1.54) is 17.0 Å². The molecule has 2 unspecified atom stereocenters. The summed E-state index contributed by atoms with van der Waals surface area (Å²) in [5.41, 5.74) is -0.621. The van der Waals surface area contributed by atoms with Crippen LogP contribution in [0.15, 0.2) is 59.5 Å². The van der Waals surface area contributed by atoms with E-state index in [2.05, 4.69) is 17.4 Å². The fourth-order valence-corrected chi connectivity index (χ4v) is 4.69. The molecule has 2 aromatic carbocycles. The van der Waals surface area contributed by atoms with Gasteiger partial charge in [-0.25, -0.2) is 17.9 Å². The molecule has 2 atom stereocenters. The van der Waals surface area contributed by atoms with Gasteiger partial charge in [-0.3, -0.25) is 0 Å². The average Bonchev–Trinajstić information content (AvgIpc) is 3.02. The number of rotatable bonds is 5. The lowest BCUT2D eigenvalue weighted by atomic mass is 10.2. The number of benzene rings is 2. The van der Waals surface area contributed by atoms with Crippen molar-refractivity contribution in [2.24, 2.45) is 0 Å². The van der Waals surface area contributed by atoms with Gasteiger partial charge >= 0.3 is 6.09 Å². The van der Waals surface area contributed by atoms with Gasteiger partial charge in [0.05, 0.1) is 10.9 Å². The molecular weight excluding hydrogens is 424 g/mol. The van der Waals surface area contributed by atoms with E-state index >= 15 is 0 Å². The minimum atomic E-state index is -3.78. The topological polar surface area (TPSA) is 84.9 Å². The Morgan fingerprint density at radius 1 is 1.03 bits per heavy atom. The maximum Gasteiger partial charge on any atom is 0.410 e. The summed E-state index contributed by atoms with van der Waals surface area (Å²) in [4.78, 5) is 13.8. The van der Waals surface area contributed by atoms with Crippen LogP contribution in [0.25, 0.3) is 0 Å². The molecule has 30 heavy (non-hydrogen) atoms. The molecule has 1 saturated heterocycles. The Labute approximate surface area is 182 Å². The third-order valence-corrected chi connectivity index (χ3v) is 6.39. The van der Waals surface area contributed by atoms with E-state index in [0.717, 1.165) is 0 Å². The van der Waals surface area contributed by atoms with Crippen LogP contribution in [-0.2, 0) is 14.8 Å². The molecule has 0 aliphatic carbocycles. The Morgan fingerprint density at radius 3 is 2.23 bits per heavy atom. The summed E-state index contributed by atoms with van der Waals surface area (Å²) in [6, 6.07) is 14.9. The Balaban J connectivity index is 1.64. The molecule has 1 heterocycles. The number of thiol groups is 1. The number of carbonyl (C=O) groups excluding carboxylic acids is 1. The first kappa shape index (κ1) is 22.5. The SMILES string of the molecule is CC(C)(C)OC(=O)N1CC(S)C(NS(=O)(=O)c2ccc(Oc3ccccc3)cc2)C1. The quantitative estimate of drug-likeness (QED) is 0.679. The summed E-state index contributed by atoms with van der Waals surface area (Å²) in [5, 5.41) is -0.340. The highest BCUT2D eigenvalue weighted by molar-refractivity contribution is 7.89. The molecule has 2 aromatic rings. The number of hydrogen-bond donors (Lipinski definition) is 2. The molecule has 0 aromatic heterocycles. The first-order valence-electron chi connectivity index (χ1n) is 9.55. The largest absolute Gasteiger partial charge is 0.457 e. The van der Waals surface area contributed by atoms with Crippen LogP contribution in [0, 0.1) is 0 Å². The lowest BCUT2D eigenvalue weighted by molar-refractivity contribution is 0.0292. The molecule has 3 rings (SSSR count). The number of sulfonamides is 1. The summed E-state index contributed by atoms with van der Waals surface area (Å²) >= 11 is 4.45. The number of nitrogens with zero attached hydrogens (tertiary/aromatic N) is 1. The maximum atomic E-state index is 12.8. The van der Waals surface area contributed by atoms with Crippen LogP contribution in [0.5, 0.6) is 11.5 Å². The van der Waals surface area contributed by atoms with E-state index in [9.17, 15) is 13.2 Å². The number of nitrogens with one attached hydrogen (secondary N) is 1. The third-order valence-electron chi connectivity index (χ3n) is 4.36. The maximum absolute atomic E-state index is 12.8. The second-order valence-corrected chi connectivity index (χ2v) is 10.4. The third kappa shape index (κ3) is 5.90. The van der Waals surface area contributed by atoms with Crippen molar-refractivity contribution in [1.29, 1.82) is 0 Å². The van der Waals surface area contributed by atoms with E-state index in [4.69, 9.17) is 9.47 Å². The molecule has 0 bridgehead atoms. The number of carbonyl (C=O) groups is 1. The fourth-order valence-electron chi connectivity index (χ4n) is 2.96. The zero-order valence-electron chi connectivity index (χ0n) is 17.1. The van der Waals surface area contributed by atoms with Crippen molar-refractivity contribution in [2.45, 2.75) is 42.6 Å². The normalized spacial score (nSPS) is 19.5. The van der Waals surface area contributed by atoms with Gasteiger partial charge in [0.2, 0.25) is 10.0 Å². The number of ether oxygens (including phenoxy) is 2. The highest BCUT2D eigenvalue weighted by Crippen LogP contribution is 2.24. The standard InChI is InChI=1S/C21H26N2O5S2/c1-21(2,3)28-20(24)23-13-18(19(29)14-23)22-30(25,26)17-11-9-16(10-12-17)27-15-7-5-4-6-8-15/h4-12,18-19,22,29H,13-14H2,1-3H3. The van der Waals surface area contributed by atoms with Gasteiger partial charge in [-0.05, 0) is 57.2 Å². The minimum Gasteiger partial charge on any atom is -0.457 e. The predicted octanol–water partition coefficient (Wildman–Crippen LogP) is 3.67. The van der Waals surface area contributed by atoms with Crippen molar-refractivity contribution in [2.75, 3.05) is 13.1 Å². The number of para-hydroxylation sites is 1. The molecule has 1 aliphatic rings. The number of amides is 1. The van der Waals surface area contributed by atoms with Crippen molar-refractivity contribution < 1.29 is 22.7 Å². The van der Waals surface area contributed by atoms with Gasteiger partial charge < -0.3 is 14.4 Å². The van der Waals surface area contributed by atoms with Gasteiger partial charge in [0, 0.05) is 18.3 Å². The Hall–Kier alpha value is -2.23. The van der Waals surface area contributed by atoms with E-state index in [0.29, 0.717) is 18.0 Å². The summed E-state index contributed by atoms with van der Waals surface area (Å²) in [6.07, 6.45) is -0.481. The van der Waals surface area contributed by atoms with E-state index in [-0.39, 0.29) is 16.7 Å². The Bertz CT molecular complexity index is 973. The molecule has 9 heteroatoms. The smallest absolute Gasteiger partial charge is 0.410 e. The van der Waals surface area contributed by atoms with Crippen LogP contribution < -0.4 is 9.46 Å². The monoisotopic (exact) mass is 450 g/mol. The van der Waals surface area contributed by atoms with Crippen molar-refractivity contribution >= 4 is 28.7 Å². The van der Waals surface area contributed by atoms with Crippen LogP contribution in [0.4, 0.5) is 4.79 Å². The molecule has 7 nitrogen and oxygen atoms in total. The first-order valence-corrected chi connectivity index (χ1v) is 11.5. The van der Waals surface area contributed by atoms with Gasteiger partial charge in [-0.15, -0.1) is 0 Å². The molecule has 1 aliphatic heterocycles. The van der Waals surface area contributed by atoms with Crippen LogP contribution in [0.1, 0.15) is 20.8 Å². The Morgan fingerprint density at radius 2 is 1.63 bits per heavy atom. The van der Waals surface area contributed by atoms with Gasteiger partial charge in [-0.1, -0.05) is 18.2 Å². The highest BCUT2D eigenvalue weighted by Gasteiger charge is 2.37. The lowest BCUT2D eigenvalue weighted by Crippen LogP contribution is -2.42. The molecular formula is C21H26N2O5S2. The van der Waals surface area contributed by atoms with Crippen molar-refractivity contribution in [3.05, 3.63) is 54.6 Å². The van der Waals surface area contributed by atoms with Crippen LogP contribution >= 0.6 is 12.6 Å². The second kappa shape index (κ2) is 8.87. The van der Waals surface area contributed by atoms with Gasteiger partial charge in [0.15, 0.2) is 0 Å². The molecule has 0 spiro atoms. The highest BCUT2D eigenvalue weighted by atomic mass is 32.2. The summed E-state index contributed by atoms with van der Waals surface area (Å²) in [5.74, 6) is 1.20. The van der Waals surface area contributed by atoms with Crippen LogP contribution in [-0.4, -0.2) is 49.4 Å². The average molecular weight is 451 g/mol. The molecule has 1 N–H and O–H groups in total. The minimum absolute atomic E-state index is 0.110.